The van der Waals surface area contributed by atoms with Crippen molar-refractivity contribution in [3.8, 4) is 12.1 Å². The van der Waals surface area contributed by atoms with Crippen molar-refractivity contribution in [1.82, 2.24) is 9.80 Å². The number of alkyl halides is 1. The highest BCUT2D eigenvalue weighted by atomic mass is 19.1. The molecule has 0 radical (unpaired) electrons. The summed E-state index contributed by atoms with van der Waals surface area (Å²) in [5, 5.41) is 16.8. The quantitative estimate of drug-likeness (QED) is 0.562. The van der Waals surface area contributed by atoms with Gasteiger partial charge in [-0.15, -0.1) is 0 Å². The highest BCUT2D eigenvalue weighted by Gasteiger charge is 2.24. The molecule has 1 aliphatic rings. The Morgan fingerprint density at radius 2 is 1.62 bits per heavy atom. The van der Waals surface area contributed by atoms with Crippen molar-refractivity contribution in [1.29, 1.82) is 10.5 Å². The van der Waals surface area contributed by atoms with Crippen molar-refractivity contribution < 1.29 is 4.39 Å². The van der Waals surface area contributed by atoms with E-state index < -0.39 is 6.17 Å². The summed E-state index contributed by atoms with van der Waals surface area (Å²) in [6.45, 7) is 1.57. The van der Waals surface area contributed by atoms with Crippen molar-refractivity contribution >= 4 is 0 Å². The van der Waals surface area contributed by atoms with Crippen LogP contribution in [0.15, 0.2) is 0 Å². The highest BCUT2D eigenvalue weighted by Crippen LogP contribution is 2.07. The number of rotatable bonds is 2. The Bertz CT molecular complexity index is 218. The third-order valence-corrected chi connectivity index (χ3v) is 1.90. The molecule has 1 aliphatic heterocycles. The Hall–Kier alpha value is -1.17. The fraction of sp³-hybridized carbons (Fsp3) is 0.750. The maximum absolute atomic E-state index is 13.0. The average Bonchev–Trinajstić information content (AvgIpc) is 2.04. The molecule has 13 heavy (non-hydrogen) atoms. The van der Waals surface area contributed by atoms with Crippen molar-refractivity contribution in [2.75, 3.05) is 32.8 Å². The SMILES string of the molecule is N#CCN1CC(F)CN(CC#N)C1. The molecule has 0 N–H and O–H groups in total. The molecular formula is C8H11FN4. The summed E-state index contributed by atoms with van der Waals surface area (Å²) in [5.74, 6) is 0. The molecule has 0 aliphatic carbocycles. The van der Waals surface area contributed by atoms with Gasteiger partial charge in [0.05, 0.1) is 31.9 Å². The van der Waals surface area contributed by atoms with Crippen LogP contribution in [0.5, 0.6) is 0 Å². The summed E-state index contributed by atoms with van der Waals surface area (Å²) in [6, 6.07) is 3.94. The molecule has 0 unspecified atom stereocenters. The fourth-order valence-corrected chi connectivity index (χ4v) is 1.45. The Labute approximate surface area is 76.8 Å². The first-order valence-electron chi connectivity index (χ1n) is 4.09. The molecule has 1 fully saturated rings. The molecule has 1 rings (SSSR count). The summed E-state index contributed by atoms with van der Waals surface area (Å²) < 4.78 is 13.0. The first-order chi connectivity index (χ1) is 6.26. The summed E-state index contributed by atoms with van der Waals surface area (Å²) in [4.78, 5) is 3.40. The zero-order valence-corrected chi connectivity index (χ0v) is 7.28. The maximum Gasteiger partial charge on any atom is 0.126 e. The van der Waals surface area contributed by atoms with Gasteiger partial charge in [0.15, 0.2) is 0 Å². The fourth-order valence-electron chi connectivity index (χ4n) is 1.45. The second-order valence-corrected chi connectivity index (χ2v) is 3.08. The van der Waals surface area contributed by atoms with Gasteiger partial charge in [-0.05, 0) is 0 Å². The number of nitrogens with zero attached hydrogens (tertiary/aromatic N) is 4. The molecule has 0 aromatic rings. The van der Waals surface area contributed by atoms with Crippen LogP contribution in [-0.4, -0.2) is 48.8 Å². The lowest BCUT2D eigenvalue weighted by Gasteiger charge is -2.34. The van der Waals surface area contributed by atoms with Crippen LogP contribution in [0.25, 0.3) is 0 Å². The Balaban J connectivity index is 2.44. The molecule has 4 nitrogen and oxygen atoms in total. The van der Waals surface area contributed by atoms with Crippen molar-refractivity contribution in [2.24, 2.45) is 0 Å². The van der Waals surface area contributed by atoms with E-state index >= 15 is 0 Å². The molecule has 0 spiro atoms. The van der Waals surface area contributed by atoms with Gasteiger partial charge in [-0.2, -0.15) is 10.5 Å². The van der Waals surface area contributed by atoms with Crippen LogP contribution in [0, 0.1) is 22.7 Å². The zero-order chi connectivity index (χ0) is 9.68. The molecular weight excluding hydrogens is 171 g/mol. The van der Waals surface area contributed by atoms with Crippen LogP contribution in [0.1, 0.15) is 0 Å². The topological polar surface area (TPSA) is 54.1 Å². The van der Waals surface area contributed by atoms with Gasteiger partial charge in [0.2, 0.25) is 0 Å². The molecule has 0 bridgehead atoms. The third-order valence-electron chi connectivity index (χ3n) is 1.90. The summed E-state index contributed by atoms with van der Waals surface area (Å²) in [7, 11) is 0. The van der Waals surface area contributed by atoms with E-state index in [1.807, 2.05) is 12.1 Å². The summed E-state index contributed by atoms with van der Waals surface area (Å²) in [5.41, 5.74) is 0. The lowest BCUT2D eigenvalue weighted by Crippen LogP contribution is -2.50. The highest BCUT2D eigenvalue weighted by molar-refractivity contribution is 4.86. The minimum Gasteiger partial charge on any atom is -0.274 e. The lowest BCUT2D eigenvalue weighted by atomic mass is 10.2. The second kappa shape index (κ2) is 4.76. The Kier molecular flexibility index (Phi) is 3.63. The predicted octanol–water partition coefficient (Wildman–Crippen LogP) is -0.0532. The first kappa shape index (κ1) is 9.91. The number of hydrogen-bond donors (Lipinski definition) is 0. The Morgan fingerprint density at radius 1 is 1.15 bits per heavy atom. The van der Waals surface area contributed by atoms with Crippen molar-refractivity contribution in [3.63, 3.8) is 0 Å². The van der Waals surface area contributed by atoms with E-state index in [9.17, 15) is 4.39 Å². The van der Waals surface area contributed by atoms with Crippen LogP contribution >= 0.6 is 0 Å². The molecule has 70 valence electrons. The normalized spacial score (nSPS) is 20.8. The lowest BCUT2D eigenvalue weighted by molar-refractivity contribution is 0.0481. The minimum atomic E-state index is -0.949. The van der Waals surface area contributed by atoms with Crippen molar-refractivity contribution in [2.45, 2.75) is 6.17 Å². The van der Waals surface area contributed by atoms with E-state index in [0.29, 0.717) is 19.8 Å². The molecule has 0 aromatic carbocycles. The third kappa shape index (κ3) is 2.98. The molecule has 0 saturated carbocycles. The van der Waals surface area contributed by atoms with Gasteiger partial charge in [-0.3, -0.25) is 9.80 Å². The predicted molar refractivity (Wildman–Crippen MR) is 44.1 cm³/mol. The number of hydrogen-bond acceptors (Lipinski definition) is 4. The number of halogens is 1. The zero-order valence-electron chi connectivity index (χ0n) is 7.28. The molecule has 0 aromatic heterocycles. The van der Waals surface area contributed by atoms with Crippen molar-refractivity contribution in [3.05, 3.63) is 0 Å². The maximum atomic E-state index is 13.0. The number of nitriles is 2. The summed E-state index contributed by atoms with van der Waals surface area (Å²) in [6.07, 6.45) is -0.949. The van der Waals surface area contributed by atoms with E-state index in [1.54, 1.807) is 9.80 Å². The van der Waals surface area contributed by atoms with Gasteiger partial charge >= 0.3 is 0 Å². The monoisotopic (exact) mass is 182 g/mol. The molecule has 0 atom stereocenters. The van der Waals surface area contributed by atoms with Gasteiger partial charge in [-0.1, -0.05) is 0 Å². The molecule has 1 heterocycles. The van der Waals surface area contributed by atoms with E-state index in [4.69, 9.17) is 10.5 Å². The Morgan fingerprint density at radius 3 is 2.00 bits per heavy atom. The van der Waals surface area contributed by atoms with Gasteiger partial charge in [0.25, 0.3) is 0 Å². The van der Waals surface area contributed by atoms with E-state index in [-0.39, 0.29) is 13.1 Å². The van der Waals surface area contributed by atoms with Crippen LogP contribution in [-0.2, 0) is 0 Å². The largest absolute Gasteiger partial charge is 0.274 e. The molecule has 5 heteroatoms. The molecule has 0 amide bonds. The van der Waals surface area contributed by atoms with Gasteiger partial charge < -0.3 is 0 Å². The smallest absolute Gasteiger partial charge is 0.126 e. The summed E-state index contributed by atoms with van der Waals surface area (Å²) >= 11 is 0. The van der Waals surface area contributed by atoms with Crippen LogP contribution < -0.4 is 0 Å². The first-order valence-corrected chi connectivity index (χ1v) is 4.09. The average molecular weight is 182 g/mol. The van der Waals surface area contributed by atoms with Gasteiger partial charge in [0.1, 0.15) is 6.17 Å². The van der Waals surface area contributed by atoms with E-state index in [0.717, 1.165) is 0 Å². The van der Waals surface area contributed by atoms with E-state index in [1.165, 1.54) is 0 Å². The standard InChI is InChI=1S/C8H11FN4/c9-8-5-12(3-1-10)7-13(6-8)4-2-11/h8H,3-7H2. The molecule has 1 saturated heterocycles. The van der Waals surface area contributed by atoms with Crippen LogP contribution in [0.3, 0.4) is 0 Å². The van der Waals surface area contributed by atoms with Gasteiger partial charge in [0, 0.05) is 13.1 Å². The van der Waals surface area contributed by atoms with E-state index in [2.05, 4.69) is 0 Å². The minimum absolute atomic E-state index is 0.225. The van der Waals surface area contributed by atoms with Crippen LogP contribution in [0.4, 0.5) is 4.39 Å². The van der Waals surface area contributed by atoms with Gasteiger partial charge in [-0.25, -0.2) is 4.39 Å². The van der Waals surface area contributed by atoms with Crippen LogP contribution in [0.2, 0.25) is 0 Å². The second-order valence-electron chi connectivity index (χ2n) is 3.08.